The Morgan fingerprint density at radius 1 is 0.895 bits per heavy atom. The molecule has 0 aliphatic carbocycles. The van der Waals surface area contributed by atoms with E-state index < -0.39 is 0 Å². The SMILES string of the molecule is CCN1CCCCCCCCCC(=NO)C(=NO)C1. The Morgan fingerprint density at radius 3 is 2.05 bits per heavy atom. The predicted molar refractivity (Wildman–Crippen MR) is 77.5 cm³/mol. The summed E-state index contributed by atoms with van der Waals surface area (Å²) in [5.41, 5.74) is 1.03. The summed E-state index contributed by atoms with van der Waals surface area (Å²) in [6.45, 7) is 4.58. The summed E-state index contributed by atoms with van der Waals surface area (Å²) in [4.78, 5) is 2.23. The van der Waals surface area contributed by atoms with E-state index in [2.05, 4.69) is 22.1 Å². The molecule has 0 aromatic heterocycles. The lowest BCUT2D eigenvalue weighted by molar-refractivity contribution is 0.295. The molecule has 0 unspecified atom stereocenters. The third-order valence-electron chi connectivity index (χ3n) is 3.78. The number of rotatable bonds is 1. The lowest BCUT2D eigenvalue weighted by atomic mass is 10.0. The topological polar surface area (TPSA) is 68.4 Å². The minimum absolute atomic E-state index is 0.503. The normalized spacial score (nSPS) is 25.7. The second-order valence-electron chi connectivity index (χ2n) is 5.19. The molecule has 1 rings (SSSR count). The van der Waals surface area contributed by atoms with E-state index in [1.165, 1.54) is 32.1 Å². The monoisotopic (exact) mass is 269 g/mol. The van der Waals surface area contributed by atoms with Gasteiger partial charge >= 0.3 is 0 Å². The highest BCUT2D eigenvalue weighted by Gasteiger charge is 2.15. The van der Waals surface area contributed by atoms with Crippen LogP contribution < -0.4 is 0 Å². The molecule has 1 aliphatic heterocycles. The molecular formula is C14H27N3O2. The maximum absolute atomic E-state index is 9.14. The number of nitrogens with zero attached hydrogens (tertiary/aromatic N) is 3. The number of hydrogen-bond donors (Lipinski definition) is 2. The van der Waals surface area contributed by atoms with Crippen LogP contribution in [0.1, 0.15) is 58.3 Å². The van der Waals surface area contributed by atoms with Gasteiger partial charge in [0.25, 0.3) is 0 Å². The van der Waals surface area contributed by atoms with Gasteiger partial charge in [0, 0.05) is 6.54 Å². The first-order valence-corrected chi connectivity index (χ1v) is 7.46. The van der Waals surface area contributed by atoms with Crippen LogP contribution in [0.25, 0.3) is 0 Å². The molecule has 5 nitrogen and oxygen atoms in total. The minimum atomic E-state index is 0.503. The molecular weight excluding hydrogens is 242 g/mol. The Hall–Kier alpha value is -1.10. The van der Waals surface area contributed by atoms with Gasteiger partial charge in [-0.2, -0.15) is 0 Å². The Morgan fingerprint density at radius 2 is 1.47 bits per heavy atom. The molecule has 0 amide bonds. The fraction of sp³-hybridized carbons (Fsp3) is 0.857. The molecule has 0 radical (unpaired) electrons. The fourth-order valence-corrected chi connectivity index (χ4v) is 2.51. The van der Waals surface area contributed by atoms with Gasteiger partial charge in [0.05, 0.1) is 0 Å². The van der Waals surface area contributed by atoms with E-state index in [1.807, 2.05) is 0 Å². The highest BCUT2D eigenvalue weighted by Crippen LogP contribution is 2.11. The molecule has 0 bridgehead atoms. The summed E-state index contributed by atoms with van der Waals surface area (Å²) in [5.74, 6) is 0. The van der Waals surface area contributed by atoms with Crippen LogP contribution in [-0.2, 0) is 0 Å². The van der Waals surface area contributed by atoms with Crippen molar-refractivity contribution < 1.29 is 10.4 Å². The molecule has 0 saturated carbocycles. The molecule has 1 aliphatic rings. The van der Waals surface area contributed by atoms with E-state index in [-0.39, 0.29) is 0 Å². The lowest BCUT2D eigenvalue weighted by Gasteiger charge is -2.20. The summed E-state index contributed by atoms with van der Waals surface area (Å²) in [6.07, 6.45) is 9.11. The van der Waals surface area contributed by atoms with Crippen molar-refractivity contribution in [3.8, 4) is 0 Å². The summed E-state index contributed by atoms with van der Waals surface area (Å²) in [7, 11) is 0. The Bertz CT molecular complexity index is 303. The van der Waals surface area contributed by atoms with Crippen molar-refractivity contribution in [3.05, 3.63) is 0 Å². The van der Waals surface area contributed by atoms with Gasteiger partial charge in [-0.15, -0.1) is 0 Å². The second-order valence-corrected chi connectivity index (χ2v) is 5.19. The standard InChI is InChI=1S/C14H27N3O2/c1-2-17-11-9-7-5-3-4-6-8-10-13(15-18)14(12-17)16-19/h18-19H,2-12H2,1H3. The first kappa shape index (κ1) is 16.0. The van der Waals surface area contributed by atoms with Crippen LogP contribution in [0, 0.1) is 0 Å². The van der Waals surface area contributed by atoms with Gasteiger partial charge in [0.15, 0.2) is 0 Å². The van der Waals surface area contributed by atoms with Crippen LogP contribution in [0.15, 0.2) is 10.3 Å². The van der Waals surface area contributed by atoms with E-state index in [1.54, 1.807) is 0 Å². The van der Waals surface area contributed by atoms with Crippen molar-refractivity contribution in [2.75, 3.05) is 19.6 Å². The van der Waals surface area contributed by atoms with Crippen LogP contribution in [0.2, 0.25) is 0 Å². The predicted octanol–water partition coefficient (Wildman–Crippen LogP) is 3.10. The molecule has 19 heavy (non-hydrogen) atoms. The third kappa shape index (κ3) is 6.05. The molecule has 110 valence electrons. The van der Waals surface area contributed by atoms with Crippen LogP contribution in [0.3, 0.4) is 0 Å². The highest BCUT2D eigenvalue weighted by atomic mass is 16.4. The van der Waals surface area contributed by atoms with Gasteiger partial charge in [0.1, 0.15) is 11.4 Å². The summed E-state index contributed by atoms with van der Waals surface area (Å²) in [6, 6.07) is 0. The molecule has 0 aromatic rings. The van der Waals surface area contributed by atoms with Crippen LogP contribution >= 0.6 is 0 Å². The summed E-state index contributed by atoms with van der Waals surface area (Å²) >= 11 is 0. The molecule has 0 spiro atoms. The van der Waals surface area contributed by atoms with E-state index in [0.29, 0.717) is 24.4 Å². The summed E-state index contributed by atoms with van der Waals surface area (Å²) < 4.78 is 0. The Labute approximate surface area is 116 Å². The minimum Gasteiger partial charge on any atom is -0.411 e. The van der Waals surface area contributed by atoms with Crippen LogP contribution in [0.4, 0.5) is 0 Å². The maximum Gasteiger partial charge on any atom is 0.118 e. The number of hydrogen-bond acceptors (Lipinski definition) is 5. The molecule has 0 atom stereocenters. The Balaban J connectivity index is 2.68. The largest absolute Gasteiger partial charge is 0.411 e. The lowest BCUT2D eigenvalue weighted by Crippen LogP contribution is -2.34. The van der Waals surface area contributed by atoms with Gasteiger partial charge in [0.2, 0.25) is 0 Å². The van der Waals surface area contributed by atoms with Gasteiger partial charge in [-0.1, -0.05) is 49.3 Å². The van der Waals surface area contributed by atoms with Crippen molar-refractivity contribution in [2.45, 2.75) is 58.3 Å². The van der Waals surface area contributed by atoms with E-state index in [9.17, 15) is 0 Å². The smallest absolute Gasteiger partial charge is 0.118 e. The first-order chi connectivity index (χ1) is 9.31. The van der Waals surface area contributed by atoms with Gasteiger partial charge in [-0.05, 0) is 32.4 Å². The molecule has 1 fully saturated rings. The van der Waals surface area contributed by atoms with Crippen molar-refractivity contribution >= 4 is 11.4 Å². The average Bonchev–Trinajstić information content (AvgIpc) is 2.46. The first-order valence-electron chi connectivity index (χ1n) is 7.46. The van der Waals surface area contributed by atoms with Crippen molar-refractivity contribution in [1.29, 1.82) is 0 Å². The fourth-order valence-electron chi connectivity index (χ4n) is 2.51. The molecule has 2 N–H and O–H groups in total. The van der Waals surface area contributed by atoms with Crippen LogP contribution in [0.5, 0.6) is 0 Å². The zero-order chi connectivity index (χ0) is 13.9. The average molecular weight is 269 g/mol. The van der Waals surface area contributed by atoms with E-state index >= 15 is 0 Å². The van der Waals surface area contributed by atoms with Gasteiger partial charge in [-0.25, -0.2) is 0 Å². The number of oxime groups is 2. The zero-order valence-electron chi connectivity index (χ0n) is 12.0. The maximum atomic E-state index is 9.14. The van der Waals surface area contributed by atoms with Crippen molar-refractivity contribution in [3.63, 3.8) is 0 Å². The summed E-state index contributed by atoms with van der Waals surface area (Å²) in [5, 5.41) is 24.9. The van der Waals surface area contributed by atoms with Crippen molar-refractivity contribution in [2.24, 2.45) is 10.3 Å². The van der Waals surface area contributed by atoms with E-state index in [4.69, 9.17) is 10.4 Å². The molecule has 0 aromatic carbocycles. The Kier molecular flexibility index (Phi) is 8.21. The molecule has 1 saturated heterocycles. The van der Waals surface area contributed by atoms with E-state index in [0.717, 1.165) is 25.9 Å². The molecule has 1 heterocycles. The quantitative estimate of drug-likeness (QED) is 0.567. The molecule has 5 heteroatoms. The van der Waals surface area contributed by atoms with Crippen molar-refractivity contribution in [1.82, 2.24) is 4.90 Å². The van der Waals surface area contributed by atoms with Crippen LogP contribution in [-0.4, -0.2) is 46.4 Å². The second kappa shape index (κ2) is 9.78. The zero-order valence-corrected chi connectivity index (χ0v) is 12.0. The van der Waals surface area contributed by atoms with Gasteiger partial charge in [-0.3, -0.25) is 4.90 Å². The third-order valence-corrected chi connectivity index (χ3v) is 3.78. The highest BCUT2D eigenvalue weighted by molar-refractivity contribution is 6.42. The van der Waals surface area contributed by atoms with Gasteiger partial charge < -0.3 is 10.4 Å².